The van der Waals surface area contributed by atoms with E-state index in [-0.39, 0.29) is 0 Å². The highest BCUT2D eigenvalue weighted by Crippen LogP contribution is 2.42. The van der Waals surface area contributed by atoms with Gasteiger partial charge in [0.15, 0.2) is 69.2 Å². The van der Waals surface area contributed by atoms with E-state index in [0.717, 1.165) is 27.7 Å². The molecule has 0 saturated carbocycles. The van der Waals surface area contributed by atoms with Gasteiger partial charge in [0.05, 0.1) is 71.7 Å². The zero-order valence-corrected chi connectivity index (χ0v) is 71.3. The van der Waals surface area contributed by atoms with Crippen molar-refractivity contribution in [3.8, 4) is 0 Å². The van der Waals surface area contributed by atoms with Gasteiger partial charge < -0.3 is 269 Å². The standard InChI is InChI=1S/C74H124N4O54/c1-16-35(90)46(101)52(107)68(114-16)112-15-30-59(42(97)31(64(111)116-30)75-18(3)86)125-65-32(76-19(4)87)43(98)57(27(12-84)121-65)127-71-55(110)60(41(96)29(124-71)14-113-72-61(49(104)38(93)23(8-80)118-72)130-66-33(77-20(5)88)44(99)56(26(11-83)122-66)126-70-54(109)48(103)37(92)22(7-79)117-70)129-74-62(50(105)39(94)25(10-82)120-74)131-67-34(78-21(6)89)45(100)58(28(13-85)123-67)128-73-63(51(106)40(95)24(9-81)119-73)132-69-53(108)47(102)36(91)17(2)115-69/h16-17,22-74,79-85,90-111H,7-15H2,1-6H3,(H,75,86)(H,76,87)(H,77,88)(H,78,89)/t16-,17-,22+,23+,24+,25+,26+,27+,28+,29+,30+,31+,32+,33+,34-,35+,36+,37-,38+,39+,40-,41+,42+,43+,44+,45+,46+,47+,48-,49-,50-,51-,52-,53-,54+,55-,56+,57+,58+,59+,60-,61-,62-,63+,64?,65-,66-,67-,68+,69-,70-,71-,72-,73-,74+/m0/s1. The van der Waals surface area contributed by atoms with E-state index in [1.54, 1.807) is 0 Å². The number of carbonyl (C=O) groups is 4. The molecular formula is C74H124N4O54. The minimum absolute atomic E-state index is 0.857. The Morgan fingerprint density at radius 2 is 0.462 bits per heavy atom. The van der Waals surface area contributed by atoms with Crippen molar-refractivity contribution in [1.29, 1.82) is 0 Å². The van der Waals surface area contributed by atoms with Crippen LogP contribution in [0.15, 0.2) is 0 Å². The first kappa shape index (κ1) is 108. The van der Waals surface area contributed by atoms with E-state index in [1.165, 1.54) is 13.8 Å². The quantitative estimate of drug-likeness (QED) is 0.0290. The molecule has 0 bridgehead atoms. The molecule has 0 spiro atoms. The third-order valence-corrected chi connectivity index (χ3v) is 24.5. The second kappa shape index (κ2) is 47.0. The van der Waals surface area contributed by atoms with Crippen molar-refractivity contribution in [3.63, 3.8) is 0 Å². The lowest BCUT2D eigenvalue weighted by Gasteiger charge is -2.51. The normalized spacial score (nSPS) is 50.4. The van der Waals surface area contributed by atoms with Crippen LogP contribution in [0, 0.1) is 0 Å². The first-order valence-electron chi connectivity index (χ1n) is 42.4. The zero-order valence-electron chi connectivity index (χ0n) is 71.3. The number of amides is 4. The van der Waals surface area contributed by atoms with E-state index in [1.807, 2.05) is 0 Å². The van der Waals surface area contributed by atoms with Gasteiger partial charge in [0, 0.05) is 27.7 Å². The average Bonchev–Trinajstić information content (AvgIpc) is 0.702. The van der Waals surface area contributed by atoms with Crippen LogP contribution in [0.5, 0.6) is 0 Å². The van der Waals surface area contributed by atoms with Crippen LogP contribution in [0.4, 0.5) is 0 Å². The summed E-state index contributed by atoms with van der Waals surface area (Å²) in [7, 11) is 0. The van der Waals surface area contributed by atoms with Gasteiger partial charge in [-0.05, 0) is 13.8 Å². The maximum absolute atomic E-state index is 13.3. The highest BCUT2D eigenvalue weighted by atomic mass is 16.8. The second-order valence-corrected chi connectivity index (χ2v) is 33.8. The SMILES string of the molecule is CC(=O)N[C@@H]1[C@H](O[C@@H]2[C@@H](O[C@@H]3[C@H](O)[C@H](O[C@H]4[C@H](O)[C@@H](NC(C)=O)[C@H](O[C@H]5[C@H](O)[C@@H](NC(C)=O)C(O)O[C@@H]5CO[C@@H]5O[C@@H](C)[C@@H](O)[C@@H](O)[C@@H]5O)O[C@@H]4CO)O[C@H](CO[C@H]4O[C@H](CO)[C@@H](O)[C@H](O)[C@@H]4O[C@@H]4O[C@H](CO)[C@@H](O[C@@H]5O[C@H](CO)[C@H](O)[C@H](O)[C@H]5O)[C@H](O)[C@H]4NC(C)=O)[C@H]3O)O[C@H](CO)[C@@H](O)[C@@H]2O)O[C@H](CO)[C@@H](O[C@@H]2O[C@H](CO)[C@H](O)[C@H](O)[C@H]2O[C@@H]2O[C@@H](C)[C@@H](O)[C@@H](O)[C@@H]2O)[C@@H]1O. The van der Waals surface area contributed by atoms with Crippen LogP contribution in [0.25, 0.3) is 0 Å². The summed E-state index contributed by atoms with van der Waals surface area (Å²) in [5.41, 5.74) is 0. The number of nitrogens with one attached hydrogen (secondary N) is 4. The summed E-state index contributed by atoms with van der Waals surface area (Å²) in [5, 5.41) is 335. The Morgan fingerprint density at radius 3 is 0.856 bits per heavy atom. The first-order chi connectivity index (χ1) is 62.4. The number of hydrogen-bond acceptors (Lipinski definition) is 54. The molecule has 11 rings (SSSR count). The Morgan fingerprint density at radius 1 is 0.212 bits per heavy atom. The maximum Gasteiger partial charge on any atom is 0.217 e. The van der Waals surface area contributed by atoms with Gasteiger partial charge in [0.25, 0.3) is 0 Å². The van der Waals surface area contributed by atoms with Gasteiger partial charge in [-0.3, -0.25) is 19.2 Å². The minimum atomic E-state index is -2.67. The molecule has 0 aromatic rings. The van der Waals surface area contributed by atoms with Crippen LogP contribution >= 0.6 is 0 Å². The molecule has 0 radical (unpaired) electrons. The second-order valence-electron chi connectivity index (χ2n) is 33.8. The number of aliphatic hydroxyl groups is 29. The fraction of sp³-hybridized carbons (Fsp3) is 0.946. The van der Waals surface area contributed by atoms with Crippen LogP contribution in [-0.2, 0) is 119 Å². The molecule has 58 heteroatoms. The van der Waals surface area contributed by atoms with E-state index < -0.39 is 421 Å². The lowest BCUT2D eigenvalue weighted by Crippen LogP contribution is -2.71. The van der Waals surface area contributed by atoms with Crippen LogP contribution in [-0.4, -0.2) is 569 Å². The summed E-state index contributed by atoms with van der Waals surface area (Å²) in [5.74, 6) is -3.85. The van der Waals surface area contributed by atoms with Crippen molar-refractivity contribution in [2.45, 2.75) is 379 Å². The highest BCUT2D eigenvalue weighted by Gasteiger charge is 2.63. The van der Waals surface area contributed by atoms with Crippen LogP contribution in [0.1, 0.15) is 41.5 Å². The van der Waals surface area contributed by atoms with Gasteiger partial charge in [0.2, 0.25) is 23.6 Å². The van der Waals surface area contributed by atoms with E-state index in [4.69, 9.17) is 99.5 Å². The third-order valence-electron chi connectivity index (χ3n) is 24.5. The molecule has 11 aliphatic rings. The predicted molar refractivity (Wildman–Crippen MR) is 406 cm³/mol. The summed E-state index contributed by atoms with van der Waals surface area (Å²) in [6.07, 6.45) is -106. The Hall–Kier alpha value is -4.12. The van der Waals surface area contributed by atoms with Gasteiger partial charge >= 0.3 is 0 Å². The van der Waals surface area contributed by atoms with Gasteiger partial charge in [-0.15, -0.1) is 0 Å². The van der Waals surface area contributed by atoms with Crippen molar-refractivity contribution in [3.05, 3.63) is 0 Å². The summed E-state index contributed by atoms with van der Waals surface area (Å²) in [4.78, 5) is 52.1. The Bertz CT molecular complexity index is 3610. The lowest BCUT2D eigenvalue weighted by molar-refractivity contribution is -0.401. The van der Waals surface area contributed by atoms with Gasteiger partial charge in [-0.25, -0.2) is 0 Å². The Balaban J connectivity index is 0.923. The molecule has 1 unspecified atom stereocenters. The molecule has 55 atom stereocenters. The van der Waals surface area contributed by atoms with Gasteiger partial charge in [-0.1, -0.05) is 0 Å². The van der Waals surface area contributed by atoms with E-state index in [2.05, 4.69) is 21.3 Å². The maximum atomic E-state index is 13.3. The largest absolute Gasteiger partial charge is 0.394 e. The monoisotopic (exact) mass is 1930 g/mol. The van der Waals surface area contributed by atoms with Crippen molar-refractivity contribution < 1.29 is 267 Å². The fourth-order valence-electron chi connectivity index (χ4n) is 17.2. The van der Waals surface area contributed by atoms with Gasteiger partial charge in [0.1, 0.15) is 256 Å². The van der Waals surface area contributed by atoms with E-state index in [9.17, 15) is 167 Å². The minimum Gasteiger partial charge on any atom is -0.394 e. The molecule has 132 heavy (non-hydrogen) atoms. The molecule has 0 aliphatic carbocycles. The van der Waals surface area contributed by atoms with Crippen molar-refractivity contribution in [1.82, 2.24) is 21.3 Å². The fourth-order valence-corrected chi connectivity index (χ4v) is 17.2. The third kappa shape index (κ3) is 23.7. The van der Waals surface area contributed by atoms with Crippen LogP contribution < -0.4 is 21.3 Å². The molecule has 11 fully saturated rings. The Kier molecular flexibility index (Phi) is 38.5. The van der Waals surface area contributed by atoms with Crippen molar-refractivity contribution >= 4 is 23.6 Å². The number of aliphatic hydroxyl groups excluding tert-OH is 29. The molecule has 4 amide bonds. The van der Waals surface area contributed by atoms with Gasteiger partial charge in [-0.2, -0.15) is 0 Å². The smallest absolute Gasteiger partial charge is 0.217 e. The number of hydrogen-bond donors (Lipinski definition) is 33. The molecule has 11 heterocycles. The molecule has 11 aliphatic heterocycles. The molecule has 58 nitrogen and oxygen atoms in total. The summed E-state index contributed by atoms with van der Waals surface area (Å²) in [6, 6.07) is -7.85. The summed E-state index contributed by atoms with van der Waals surface area (Å²) >= 11 is 0. The lowest BCUT2D eigenvalue weighted by atomic mass is 9.93. The van der Waals surface area contributed by atoms with Crippen molar-refractivity contribution in [2.75, 3.05) is 59.5 Å². The molecule has 764 valence electrons. The number of rotatable bonds is 33. The van der Waals surface area contributed by atoms with E-state index in [0.29, 0.717) is 0 Å². The predicted octanol–water partition coefficient (Wildman–Crippen LogP) is -22.3. The zero-order chi connectivity index (χ0) is 97.1. The van der Waals surface area contributed by atoms with Crippen LogP contribution in [0.2, 0.25) is 0 Å². The average molecular weight is 1930 g/mol. The summed E-state index contributed by atoms with van der Waals surface area (Å²) in [6.45, 7) is -3.95. The topological polar surface area (TPSA) is 897 Å². The molecule has 11 saturated heterocycles. The van der Waals surface area contributed by atoms with Crippen molar-refractivity contribution in [2.24, 2.45) is 0 Å². The highest BCUT2D eigenvalue weighted by molar-refractivity contribution is 5.74. The molecule has 0 aromatic heterocycles. The molecule has 0 aromatic carbocycles. The Labute approximate surface area is 748 Å². The first-order valence-corrected chi connectivity index (χ1v) is 42.4. The van der Waals surface area contributed by atoms with E-state index >= 15 is 0 Å². The number of ether oxygens (including phenoxy) is 21. The number of carbonyl (C=O) groups excluding carboxylic acids is 4. The van der Waals surface area contributed by atoms with Crippen LogP contribution in [0.3, 0.4) is 0 Å². The molecular weight excluding hydrogens is 1810 g/mol. The molecule has 33 N–H and O–H groups in total. The summed E-state index contributed by atoms with van der Waals surface area (Å²) < 4.78 is 125.